The Morgan fingerprint density at radius 3 is 2.67 bits per heavy atom. The monoisotopic (exact) mass is 247 g/mol. The minimum absolute atomic E-state index is 0.0256. The highest BCUT2D eigenvalue weighted by Gasteiger charge is 2.13. The highest BCUT2D eigenvalue weighted by Crippen LogP contribution is 2.17. The van der Waals surface area contributed by atoms with E-state index in [9.17, 15) is 0 Å². The van der Waals surface area contributed by atoms with E-state index in [1.54, 1.807) is 0 Å². The van der Waals surface area contributed by atoms with Crippen LogP contribution in [0.4, 0.5) is 0 Å². The molecule has 98 valence electrons. The maximum atomic E-state index is 6.24. The molecule has 0 aliphatic rings. The lowest BCUT2D eigenvalue weighted by molar-refractivity contribution is 0.565. The van der Waals surface area contributed by atoms with E-state index in [1.165, 1.54) is 5.69 Å². The lowest BCUT2D eigenvalue weighted by atomic mass is 10.1. The van der Waals surface area contributed by atoms with Crippen LogP contribution in [0.25, 0.3) is 0 Å². The Bertz CT molecular complexity index is 511. The van der Waals surface area contributed by atoms with E-state index in [0.717, 1.165) is 30.7 Å². The smallest absolute Gasteiger partial charge is 0.0625 e. The van der Waals surface area contributed by atoms with E-state index in [1.807, 2.05) is 35.7 Å². The third kappa shape index (κ3) is 2.61. The standard InChI is InChI=1S/C13H21N5/c1-4-10-9-13(18(3)16-10)12(14)6-5-11-7-8-15-17(11)2/h7-9,12H,4-6,14H2,1-3H3. The molecular weight excluding hydrogens is 226 g/mol. The van der Waals surface area contributed by atoms with E-state index in [0.29, 0.717) is 0 Å². The Morgan fingerprint density at radius 2 is 2.11 bits per heavy atom. The quantitative estimate of drug-likeness (QED) is 0.867. The Kier molecular flexibility index (Phi) is 3.81. The summed E-state index contributed by atoms with van der Waals surface area (Å²) in [4.78, 5) is 0. The zero-order valence-electron chi connectivity index (χ0n) is 11.3. The normalized spacial score (nSPS) is 12.9. The van der Waals surface area contributed by atoms with Crippen molar-refractivity contribution < 1.29 is 0 Å². The Balaban J connectivity index is 2.01. The number of hydrogen-bond donors (Lipinski definition) is 1. The van der Waals surface area contributed by atoms with Gasteiger partial charge in [-0.05, 0) is 31.4 Å². The molecule has 0 aromatic carbocycles. The first kappa shape index (κ1) is 12.8. The number of nitrogens with zero attached hydrogens (tertiary/aromatic N) is 4. The van der Waals surface area contributed by atoms with Gasteiger partial charge in [0.15, 0.2) is 0 Å². The molecule has 0 radical (unpaired) electrons. The molecule has 1 unspecified atom stereocenters. The van der Waals surface area contributed by atoms with Gasteiger partial charge in [0.25, 0.3) is 0 Å². The van der Waals surface area contributed by atoms with Gasteiger partial charge in [-0.3, -0.25) is 9.36 Å². The number of aryl methyl sites for hydroxylation is 4. The van der Waals surface area contributed by atoms with Crippen LogP contribution in [0, 0.1) is 0 Å². The van der Waals surface area contributed by atoms with Crippen LogP contribution in [0.1, 0.15) is 36.5 Å². The van der Waals surface area contributed by atoms with E-state index in [2.05, 4.69) is 23.2 Å². The molecule has 2 heterocycles. The van der Waals surface area contributed by atoms with Crippen molar-refractivity contribution in [3.8, 4) is 0 Å². The number of hydrogen-bond acceptors (Lipinski definition) is 3. The second-order valence-corrected chi connectivity index (χ2v) is 4.63. The van der Waals surface area contributed by atoms with Crippen LogP contribution in [-0.4, -0.2) is 19.6 Å². The summed E-state index contributed by atoms with van der Waals surface area (Å²) in [7, 11) is 3.92. The lowest BCUT2D eigenvalue weighted by Crippen LogP contribution is -2.16. The van der Waals surface area contributed by atoms with Crippen LogP contribution >= 0.6 is 0 Å². The van der Waals surface area contributed by atoms with Gasteiger partial charge in [0.05, 0.1) is 11.4 Å². The molecule has 0 saturated heterocycles. The SMILES string of the molecule is CCc1cc(C(N)CCc2ccnn2C)n(C)n1. The van der Waals surface area contributed by atoms with Crippen LogP contribution in [0.3, 0.4) is 0 Å². The third-order valence-electron chi connectivity index (χ3n) is 3.34. The molecule has 2 N–H and O–H groups in total. The summed E-state index contributed by atoms with van der Waals surface area (Å²) in [6.45, 7) is 2.10. The number of rotatable bonds is 5. The second-order valence-electron chi connectivity index (χ2n) is 4.63. The van der Waals surface area contributed by atoms with Crippen molar-refractivity contribution in [1.29, 1.82) is 0 Å². The average molecular weight is 247 g/mol. The van der Waals surface area contributed by atoms with Crippen molar-refractivity contribution in [2.75, 3.05) is 0 Å². The maximum Gasteiger partial charge on any atom is 0.0625 e. The molecule has 2 rings (SSSR count). The third-order valence-corrected chi connectivity index (χ3v) is 3.34. The fraction of sp³-hybridized carbons (Fsp3) is 0.538. The molecule has 5 nitrogen and oxygen atoms in total. The molecule has 0 saturated carbocycles. The van der Waals surface area contributed by atoms with Gasteiger partial charge in [0.1, 0.15) is 0 Å². The van der Waals surface area contributed by atoms with Gasteiger partial charge in [-0.15, -0.1) is 0 Å². The summed E-state index contributed by atoms with van der Waals surface area (Å²) in [6.07, 6.45) is 4.61. The van der Waals surface area contributed by atoms with Gasteiger partial charge in [-0.1, -0.05) is 6.92 Å². The molecule has 0 aliphatic carbocycles. The van der Waals surface area contributed by atoms with Crippen molar-refractivity contribution >= 4 is 0 Å². The van der Waals surface area contributed by atoms with Gasteiger partial charge in [0, 0.05) is 32.0 Å². The van der Waals surface area contributed by atoms with Crippen LogP contribution in [0.15, 0.2) is 18.3 Å². The van der Waals surface area contributed by atoms with Gasteiger partial charge in [-0.25, -0.2) is 0 Å². The highest BCUT2D eigenvalue weighted by molar-refractivity contribution is 5.14. The van der Waals surface area contributed by atoms with Gasteiger partial charge >= 0.3 is 0 Å². The van der Waals surface area contributed by atoms with Crippen molar-refractivity contribution in [3.05, 3.63) is 35.4 Å². The van der Waals surface area contributed by atoms with Crippen molar-refractivity contribution in [1.82, 2.24) is 19.6 Å². The van der Waals surface area contributed by atoms with Crippen molar-refractivity contribution in [2.45, 2.75) is 32.2 Å². The highest BCUT2D eigenvalue weighted by atomic mass is 15.3. The minimum atomic E-state index is 0.0256. The molecular formula is C13H21N5. The summed E-state index contributed by atoms with van der Waals surface area (Å²) < 4.78 is 3.79. The number of nitrogens with two attached hydrogens (primary N) is 1. The summed E-state index contributed by atoms with van der Waals surface area (Å²) in [5.74, 6) is 0. The molecule has 0 spiro atoms. The minimum Gasteiger partial charge on any atom is -0.323 e. The molecule has 0 aliphatic heterocycles. The van der Waals surface area contributed by atoms with E-state index >= 15 is 0 Å². The van der Waals surface area contributed by atoms with E-state index in [4.69, 9.17) is 5.73 Å². The molecule has 2 aromatic rings. The zero-order valence-corrected chi connectivity index (χ0v) is 11.3. The molecule has 0 amide bonds. The van der Waals surface area contributed by atoms with E-state index < -0.39 is 0 Å². The van der Waals surface area contributed by atoms with Crippen molar-refractivity contribution in [3.63, 3.8) is 0 Å². The molecule has 2 aromatic heterocycles. The lowest BCUT2D eigenvalue weighted by Gasteiger charge is -2.11. The van der Waals surface area contributed by atoms with Crippen LogP contribution < -0.4 is 5.73 Å². The van der Waals surface area contributed by atoms with E-state index in [-0.39, 0.29) is 6.04 Å². The van der Waals surface area contributed by atoms with Gasteiger partial charge in [0.2, 0.25) is 0 Å². The second kappa shape index (κ2) is 5.35. The molecule has 0 fully saturated rings. The predicted octanol–water partition coefficient (Wildman–Crippen LogP) is 1.35. The topological polar surface area (TPSA) is 61.7 Å². The Morgan fingerprint density at radius 1 is 1.33 bits per heavy atom. The molecule has 18 heavy (non-hydrogen) atoms. The van der Waals surface area contributed by atoms with Crippen LogP contribution in [-0.2, 0) is 26.9 Å². The first-order valence-electron chi connectivity index (χ1n) is 6.37. The van der Waals surface area contributed by atoms with Gasteiger partial charge < -0.3 is 5.73 Å². The zero-order chi connectivity index (χ0) is 13.1. The molecule has 0 bridgehead atoms. The van der Waals surface area contributed by atoms with Crippen LogP contribution in [0.5, 0.6) is 0 Å². The average Bonchev–Trinajstić information content (AvgIpc) is 2.92. The first-order chi connectivity index (χ1) is 8.61. The Labute approximate surface area is 108 Å². The molecule has 5 heteroatoms. The number of aromatic nitrogens is 4. The van der Waals surface area contributed by atoms with Gasteiger partial charge in [-0.2, -0.15) is 10.2 Å². The summed E-state index contributed by atoms with van der Waals surface area (Å²) in [5.41, 5.74) is 9.66. The van der Waals surface area contributed by atoms with Crippen molar-refractivity contribution in [2.24, 2.45) is 19.8 Å². The maximum absolute atomic E-state index is 6.24. The summed E-state index contributed by atoms with van der Waals surface area (Å²) >= 11 is 0. The Hall–Kier alpha value is -1.62. The fourth-order valence-electron chi connectivity index (χ4n) is 2.16. The largest absolute Gasteiger partial charge is 0.323 e. The van der Waals surface area contributed by atoms with Crippen LogP contribution in [0.2, 0.25) is 0 Å². The predicted molar refractivity (Wildman–Crippen MR) is 71.0 cm³/mol. The molecule has 1 atom stereocenters. The first-order valence-corrected chi connectivity index (χ1v) is 6.37. The fourth-order valence-corrected chi connectivity index (χ4v) is 2.16. The summed E-state index contributed by atoms with van der Waals surface area (Å²) in [6, 6.07) is 4.17. The summed E-state index contributed by atoms with van der Waals surface area (Å²) in [5, 5.41) is 8.59.